The van der Waals surface area contributed by atoms with Crippen molar-refractivity contribution in [3.8, 4) is 5.75 Å². The van der Waals surface area contributed by atoms with Crippen molar-refractivity contribution in [1.29, 1.82) is 0 Å². The van der Waals surface area contributed by atoms with Gasteiger partial charge in [0.05, 0.1) is 12.1 Å². The molecule has 2 atom stereocenters. The van der Waals surface area contributed by atoms with E-state index < -0.39 is 30.4 Å². The van der Waals surface area contributed by atoms with Crippen LogP contribution in [0.4, 0.5) is 17.6 Å². The van der Waals surface area contributed by atoms with Gasteiger partial charge in [0, 0.05) is 0 Å². The molecule has 3 nitrogen and oxygen atoms in total. The highest BCUT2D eigenvalue weighted by Crippen LogP contribution is 2.28. The third-order valence-corrected chi connectivity index (χ3v) is 3.23. The largest absolute Gasteiger partial charge is 0.461 e. The first-order valence-corrected chi connectivity index (χ1v) is 7.02. The molecule has 1 rings (SSSR count). The van der Waals surface area contributed by atoms with Crippen LogP contribution in [0.2, 0.25) is 0 Å². The molecule has 134 valence electrons. The van der Waals surface area contributed by atoms with Crippen LogP contribution in [-0.4, -0.2) is 23.7 Å². The van der Waals surface area contributed by atoms with Crippen LogP contribution >= 0.6 is 12.4 Å². The summed E-state index contributed by atoms with van der Waals surface area (Å²) >= 11 is 0. The van der Waals surface area contributed by atoms with E-state index in [1.165, 1.54) is 12.1 Å². The third-order valence-electron chi connectivity index (χ3n) is 3.23. The van der Waals surface area contributed by atoms with Crippen LogP contribution in [0, 0.1) is 5.92 Å². The minimum atomic E-state index is -4.54. The second kappa shape index (κ2) is 9.30. The lowest BCUT2D eigenvalue weighted by Crippen LogP contribution is -2.33. The fraction of sp³-hybridized carbons (Fsp3) is 0.600. The molecule has 0 unspecified atom stereocenters. The summed E-state index contributed by atoms with van der Waals surface area (Å²) < 4.78 is 53.5. The van der Waals surface area contributed by atoms with E-state index in [0.29, 0.717) is 17.9 Å². The van der Waals surface area contributed by atoms with E-state index in [-0.39, 0.29) is 12.4 Å². The Hall–Kier alpha value is -1.05. The summed E-state index contributed by atoms with van der Waals surface area (Å²) in [5, 5.41) is 9.97. The molecule has 23 heavy (non-hydrogen) atoms. The van der Waals surface area contributed by atoms with Gasteiger partial charge < -0.3 is 15.6 Å². The van der Waals surface area contributed by atoms with Crippen LogP contribution < -0.4 is 10.5 Å². The van der Waals surface area contributed by atoms with E-state index in [9.17, 15) is 22.7 Å². The van der Waals surface area contributed by atoms with Gasteiger partial charge in [-0.15, -0.1) is 12.4 Å². The molecule has 1 aromatic rings. The second-order valence-electron chi connectivity index (χ2n) is 5.60. The van der Waals surface area contributed by atoms with Gasteiger partial charge in [0.2, 0.25) is 0 Å². The fourth-order valence-electron chi connectivity index (χ4n) is 1.87. The molecule has 0 aromatic heterocycles. The maximum Gasteiger partial charge on any atom is 0.461 e. The standard InChI is InChI=1S/C15H21F4NO2.ClH/c1-9(2)3-8-12(21)13(20)10-4-6-11(7-5-10)22-15(18,19)14(16)17;/h4-7,9,12-14,21H,3,8,20H2,1-2H3;1H/t12-,13+;/m0./s1. The van der Waals surface area contributed by atoms with Gasteiger partial charge in [-0.1, -0.05) is 26.0 Å². The first-order valence-electron chi connectivity index (χ1n) is 7.02. The lowest BCUT2D eigenvalue weighted by Gasteiger charge is -2.21. The number of aliphatic hydroxyl groups is 1. The van der Waals surface area contributed by atoms with Crippen LogP contribution in [0.5, 0.6) is 5.75 Å². The number of ether oxygens (including phenoxy) is 1. The van der Waals surface area contributed by atoms with Crippen molar-refractivity contribution in [1.82, 2.24) is 0 Å². The molecule has 0 aliphatic rings. The Labute approximate surface area is 139 Å². The highest BCUT2D eigenvalue weighted by Gasteiger charge is 2.43. The topological polar surface area (TPSA) is 55.5 Å². The molecule has 0 spiro atoms. The summed E-state index contributed by atoms with van der Waals surface area (Å²) in [5.41, 5.74) is 6.41. The molecule has 1 aromatic carbocycles. The lowest BCUT2D eigenvalue weighted by atomic mass is 9.96. The zero-order chi connectivity index (χ0) is 16.9. The predicted octanol–water partition coefficient (Wildman–Crippen LogP) is 4.14. The van der Waals surface area contributed by atoms with Crippen molar-refractivity contribution in [2.75, 3.05) is 0 Å². The fourth-order valence-corrected chi connectivity index (χ4v) is 1.87. The van der Waals surface area contributed by atoms with Crippen LogP contribution in [-0.2, 0) is 0 Å². The third kappa shape index (κ3) is 6.93. The van der Waals surface area contributed by atoms with Crippen molar-refractivity contribution < 1.29 is 27.4 Å². The molecule has 8 heteroatoms. The van der Waals surface area contributed by atoms with Gasteiger partial charge in [0.15, 0.2) is 0 Å². The Kier molecular flexibility index (Phi) is 8.87. The number of aliphatic hydroxyl groups excluding tert-OH is 1. The lowest BCUT2D eigenvalue weighted by molar-refractivity contribution is -0.253. The minimum Gasteiger partial charge on any atom is -0.428 e. The molecule has 0 fully saturated rings. The monoisotopic (exact) mass is 359 g/mol. The first-order chi connectivity index (χ1) is 10.1. The van der Waals surface area contributed by atoms with E-state index in [0.717, 1.165) is 18.6 Å². The molecule has 0 heterocycles. The number of halogens is 5. The van der Waals surface area contributed by atoms with E-state index in [4.69, 9.17) is 5.73 Å². The minimum absolute atomic E-state index is 0. The van der Waals surface area contributed by atoms with Crippen molar-refractivity contribution in [3.63, 3.8) is 0 Å². The molecule has 3 N–H and O–H groups in total. The number of hydrogen-bond acceptors (Lipinski definition) is 3. The van der Waals surface area contributed by atoms with Crippen LogP contribution in [0.15, 0.2) is 24.3 Å². The number of nitrogens with two attached hydrogens (primary N) is 1. The summed E-state index contributed by atoms with van der Waals surface area (Å²) in [6, 6.07) is 4.32. The van der Waals surface area contributed by atoms with Gasteiger partial charge in [0.1, 0.15) is 5.75 Å². The van der Waals surface area contributed by atoms with Gasteiger partial charge in [-0.25, -0.2) is 0 Å². The van der Waals surface area contributed by atoms with Gasteiger partial charge >= 0.3 is 12.5 Å². The maximum absolute atomic E-state index is 12.8. The Morgan fingerprint density at radius 1 is 1.13 bits per heavy atom. The zero-order valence-corrected chi connectivity index (χ0v) is 13.7. The average molecular weight is 360 g/mol. The van der Waals surface area contributed by atoms with Gasteiger partial charge in [-0.2, -0.15) is 17.6 Å². The molecule has 0 aliphatic carbocycles. The van der Waals surface area contributed by atoms with Crippen molar-refractivity contribution >= 4 is 12.4 Å². The second-order valence-corrected chi connectivity index (χ2v) is 5.60. The quantitative estimate of drug-likeness (QED) is 0.686. The van der Waals surface area contributed by atoms with Crippen molar-refractivity contribution in [3.05, 3.63) is 29.8 Å². The molecule has 0 radical (unpaired) electrons. The van der Waals surface area contributed by atoms with E-state index >= 15 is 0 Å². The first kappa shape index (κ1) is 21.9. The Bertz CT molecular complexity index is 457. The van der Waals surface area contributed by atoms with Crippen LogP contribution in [0.1, 0.15) is 38.3 Å². The highest BCUT2D eigenvalue weighted by atomic mass is 35.5. The van der Waals surface area contributed by atoms with Gasteiger partial charge in [0.25, 0.3) is 0 Å². The normalized spacial score (nSPS) is 14.5. The summed E-state index contributed by atoms with van der Waals surface area (Å²) in [7, 11) is 0. The van der Waals surface area contributed by atoms with Crippen molar-refractivity contribution in [2.45, 2.75) is 51.4 Å². The molecule has 0 bridgehead atoms. The Balaban J connectivity index is 0.00000484. The summed E-state index contributed by atoms with van der Waals surface area (Å²) in [6.45, 7) is 4.04. The van der Waals surface area contributed by atoms with E-state index in [1.807, 2.05) is 13.8 Å². The maximum atomic E-state index is 12.8. The Morgan fingerprint density at radius 3 is 2.09 bits per heavy atom. The molecular weight excluding hydrogens is 338 g/mol. The zero-order valence-electron chi connectivity index (χ0n) is 12.9. The Morgan fingerprint density at radius 2 is 1.65 bits per heavy atom. The van der Waals surface area contributed by atoms with E-state index in [1.54, 1.807) is 0 Å². The number of alkyl halides is 4. The molecule has 0 saturated carbocycles. The predicted molar refractivity (Wildman–Crippen MR) is 82.3 cm³/mol. The van der Waals surface area contributed by atoms with Crippen LogP contribution in [0.3, 0.4) is 0 Å². The summed E-state index contributed by atoms with van der Waals surface area (Å²) in [6.07, 6.45) is -7.90. The number of rotatable bonds is 8. The van der Waals surface area contributed by atoms with E-state index in [2.05, 4.69) is 4.74 Å². The molecule has 0 amide bonds. The molecule has 0 saturated heterocycles. The SMILES string of the molecule is CC(C)CC[C@H](O)[C@H](N)c1ccc(OC(F)(F)C(F)F)cc1.Cl. The number of benzene rings is 1. The van der Waals surface area contributed by atoms with Crippen molar-refractivity contribution in [2.24, 2.45) is 11.7 Å². The highest BCUT2D eigenvalue weighted by molar-refractivity contribution is 5.85. The smallest absolute Gasteiger partial charge is 0.428 e. The van der Waals surface area contributed by atoms with Gasteiger partial charge in [-0.05, 0) is 36.5 Å². The molecular formula is C15H22ClF4NO2. The summed E-state index contributed by atoms with van der Waals surface area (Å²) in [5.74, 6) is 0.0344. The molecule has 0 aliphatic heterocycles. The summed E-state index contributed by atoms with van der Waals surface area (Å²) in [4.78, 5) is 0. The average Bonchev–Trinajstić information content (AvgIpc) is 2.44. The van der Waals surface area contributed by atoms with Gasteiger partial charge in [-0.3, -0.25) is 0 Å². The number of hydrogen-bond donors (Lipinski definition) is 2. The van der Waals surface area contributed by atoms with Crippen LogP contribution in [0.25, 0.3) is 0 Å².